The lowest BCUT2D eigenvalue weighted by atomic mass is 10.2. The molecule has 0 bridgehead atoms. The van der Waals surface area contributed by atoms with Gasteiger partial charge in [0.15, 0.2) is 5.75 Å². The summed E-state index contributed by atoms with van der Waals surface area (Å²) >= 11 is 0. The molecular formula is C16H14N2O. The number of nitrogens with zero attached hydrogens (tertiary/aromatic N) is 1. The molecule has 1 heterocycles. The van der Waals surface area contributed by atoms with Gasteiger partial charge in [0.1, 0.15) is 0 Å². The van der Waals surface area contributed by atoms with Crippen molar-refractivity contribution in [2.45, 2.75) is 6.92 Å². The van der Waals surface area contributed by atoms with Crippen molar-refractivity contribution in [3.63, 3.8) is 0 Å². The largest absolute Gasteiger partial charge is 0.437 e. The van der Waals surface area contributed by atoms with Gasteiger partial charge in [-0.1, -0.05) is 30.3 Å². The molecule has 1 aromatic heterocycles. The topological polar surface area (TPSA) is 48.1 Å². The maximum absolute atomic E-state index is 5.99. The molecule has 0 amide bonds. The van der Waals surface area contributed by atoms with Crippen LogP contribution in [0.3, 0.4) is 0 Å². The SMILES string of the molecule is Cc1cccc(Oc2ccc3ccccc3n2)c1N. The molecule has 0 atom stereocenters. The van der Waals surface area contributed by atoms with Crippen LogP contribution >= 0.6 is 0 Å². The van der Waals surface area contributed by atoms with Crippen molar-refractivity contribution in [3.8, 4) is 11.6 Å². The van der Waals surface area contributed by atoms with Crippen LogP contribution in [-0.2, 0) is 0 Å². The predicted molar refractivity (Wildman–Crippen MR) is 77.4 cm³/mol. The van der Waals surface area contributed by atoms with Gasteiger partial charge in [0.25, 0.3) is 0 Å². The monoisotopic (exact) mass is 250 g/mol. The van der Waals surface area contributed by atoms with Gasteiger partial charge in [0.05, 0.1) is 11.2 Å². The molecule has 0 saturated carbocycles. The Morgan fingerprint density at radius 1 is 0.947 bits per heavy atom. The highest BCUT2D eigenvalue weighted by molar-refractivity contribution is 5.78. The number of nitrogen functional groups attached to an aromatic ring is 1. The fourth-order valence-corrected chi connectivity index (χ4v) is 1.96. The summed E-state index contributed by atoms with van der Waals surface area (Å²) in [6.45, 7) is 1.95. The molecular weight excluding hydrogens is 236 g/mol. The molecule has 2 N–H and O–H groups in total. The summed E-state index contributed by atoms with van der Waals surface area (Å²) in [5.74, 6) is 1.19. The number of ether oxygens (including phenoxy) is 1. The first-order valence-electron chi connectivity index (χ1n) is 6.13. The van der Waals surface area contributed by atoms with Gasteiger partial charge in [-0.05, 0) is 30.7 Å². The molecule has 0 aliphatic heterocycles. The number of aromatic nitrogens is 1. The van der Waals surface area contributed by atoms with Gasteiger partial charge in [0.2, 0.25) is 5.88 Å². The zero-order valence-electron chi connectivity index (χ0n) is 10.6. The Morgan fingerprint density at radius 3 is 2.68 bits per heavy atom. The normalized spacial score (nSPS) is 10.6. The third-order valence-electron chi connectivity index (χ3n) is 3.07. The van der Waals surface area contributed by atoms with E-state index < -0.39 is 0 Å². The summed E-state index contributed by atoms with van der Waals surface area (Å²) in [6.07, 6.45) is 0. The number of rotatable bonds is 2. The van der Waals surface area contributed by atoms with E-state index in [9.17, 15) is 0 Å². The summed E-state index contributed by atoms with van der Waals surface area (Å²) in [7, 11) is 0. The molecule has 19 heavy (non-hydrogen) atoms. The smallest absolute Gasteiger partial charge is 0.219 e. The van der Waals surface area contributed by atoms with E-state index in [-0.39, 0.29) is 0 Å². The van der Waals surface area contributed by atoms with Crippen molar-refractivity contribution in [3.05, 3.63) is 60.2 Å². The van der Waals surface area contributed by atoms with Crippen molar-refractivity contribution in [1.29, 1.82) is 0 Å². The van der Waals surface area contributed by atoms with Crippen molar-refractivity contribution in [2.24, 2.45) is 0 Å². The van der Waals surface area contributed by atoms with E-state index in [1.54, 1.807) is 0 Å². The number of anilines is 1. The second-order valence-electron chi connectivity index (χ2n) is 4.43. The van der Waals surface area contributed by atoms with E-state index in [0.29, 0.717) is 17.3 Å². The molecule has 0 fully saturated rings. The average Bonchev–Trinajstić information content (AvgIpc) is 2.44. The van der Waals surface area contributed by atoms with E-state index in [4.69, 9.17) is 10.5 Å². The zero-order chi connectivity index (χ0) is 13.2. The van der Waals surface area contributed by atoms with Crippen LogP contribution in [0.1, 0.15) is 5.56 Å². The lowest BCUT2D eigenvalue weighted by Gasteiger charge is -2.09. The van der Waals surface area contributed by atoms with Gasteiger partial charge in [-0.15, -0.1) is 0 Å². The lowest BCUT2D eigenvalue weighted by Crippen LogP contribution is -1.95. The third-order valence-corrected chi connectivity index (χ3v) is 3.07. The van der Waals surface area contributed by atoms with Crippen LogP contribution in [0, 0.1) is 6.92 Å². The summed E-state index contributed by atoms with van der Waals surface area (Å²) < 4.78 is 5.76. The molecule has 3 rings (SSSR count). The van der Waals surface area contributed by atoms with Crippen molar-refractivity contribution in [1.82, 2.24) is 4.98 Å². The molecule has 94 valence electrons. The number of nitrogens with two attached hydrogens (primary N) is 1. The van der Waals surface area contributed by atoms with E-state index in [1.165, 1.54) is 0 Å². The molecule has 0 spiro atoms. The highest BCUT2D eigenvalue weighted by Crippen LogP contribution is 2.29. The van der Waals surface area contributed by atoms with Crippen LogP contribution in [0.2, 0.25) is 0 Å². The predicted octanol–water partition coefficient (Wildman–Crippen LogP) is 3.92. The Hall–Kier alpha value is -2.55. The Morgan fingerprint density at radius 2 is 1.79 bits per heavy atom. The Bertz CT molecular complexity index is 738. The Balaban J connectivity index is 1.99. The minimum absolute atomic E-state index is 0.552. The van der Waals surface area contributed by atoms with E-state index in [0.717, 1.165) is 16.5 Å². The Kier molecular flexibility index (Phi) is 2.80. The standard InChI is InChI=1S/C16H14N2O/c1-11-5-4-8-14(16(11)17)19-15-10-9-12-6-2-3-7-13(12)18-15/h2-10H,17H2,1H3. The Labute approximate surface area is 111 Å². The number of hydrogen-bond donors (Lipinski definition) is 1. The van der Waals surface area contributed by atoms with Crippen LogP contribution in [0.4, 0.5) is 5.69 Å². The van der Waals surface area contributed by atoms with Crippen molar-refractivity contribution >= 4 is 16.6 Å². The highest BCUT2D eigenvalue weighted by Gasteiger charge is 2.05. The first-order valence-corrected chi connectivity index (χ1v) is 6.13. The van der Waals surface area contributed by atoms with Gasteiger partial charge in [-0.3, -0.25) is 0 Å². The molecule has 0 radical (unpaired) electrons. The highest BCUT2D eigenvalue weighted by atomic mass is 16.5. The molecule has 2 aromatic carbocycles. The number of fused-ring (bicyclic) bond motifs is 1. The van der Waals surface area contributed by atoms with E-state index >= 15 is 0 Å². The van der Waals surface area contributed by atoms with Gasteiger partial charge in [-0.2, -0.15) is 0 Å². The number of aryl methyl sites for hydroxylation is 1. The average molecular weight is 250 g/mol. The van der Waals surface area contributed by atoms with Crippen LogP contribution in [0.5, 0.6) is 11.6 Å². The molecule has 3 nitrogen and oxygen atoms in total. The molecule has 0 aliphatic rings. The molecule has 3 heteroatoms. The lowest BCUT2D eigenvalue weighted by molar-refractivity contribution is 0.467. The van der Waals surface area contributed by atoms with Gasteiger partial charge in [0, 0.05) is 11.5 Å². The minimum Gasteiger partial charge on any atom is -0.437 e. The first kappa shape index (κ1) is 11.5. The fourth-order valence-electron chi connectivity index (χ4n) is 1.96. The molecule has 0 saturated heterocycles. The zero-order valence-corrected chi connectivity index (χ0v) is 10.6. The number of benzene rings is 2. The third kappa shape index (κ3) is 2.22. The first-order chi connectivity index (χ1) is 9.24. The van der Waals surface area contributed by atoms with Crippen molar-refractivity contribution < 1.29 is 4.74 Å². The quantitative estimate of drug-likeness (QED) is 0.701. The number of pyridine rings is 1. The van der Waals surface area contributed by atoms with Crippen LogP contribution in [0.15, 0.2) is 54.6 Å². The molecule has 3 aromatic rings. The van der Waals surface area contributed by atoms with Crippen molar-refractivity contribution in [2.75, 3.05) is 5.73 Å². The van der Waals surface area contributed by atoms with E-state index in [1.807, 2.05) is 61.5 Å². The van der Waals surface area contributed by atoms with Gasteiger partial charge < -0.3 is 10.5 Å². The second-order valence-corrected chi connectivity index (χ2v) is 4.43. The maximum Gasteiger partial charge on any atom is 0.219 e. The summed E-state index contributed by atoms with van der Waals surface area (Å²) in [5, 5.41) is 1.09. The van der Waals surface area contributed by atoms with Gasteiger partial charge >= 0.3 is 0 Å². The van der Waals surface area contributed by atoms with Crippen LogP contribution < -0.4 is 10.5 Å². The molecule has 0 unspecified atom stereocenters. The minimum atomic E-state index is 0.552. The second kappa shape index (κ2) is 4.61. The summed E-state index contributed by atoms with van der Waals surface area (Å²) in [5.41, 5.74) is 8.55. The summed E-state index contributed by atoms with van der Waals surface area (Å²) in [4.78, 5) is 4.46. The van der Waals surface area contributed by atoms with Crippen LogP contribution in [-0.4, -0.2) is 4.98 Å². The van der Waals surface area contributed by atoms with Gasteiger partial charge in [-0.25, -0.2) is 4.98 Å². The van der Waals surface area contributed by atoms with Crippen LogP contribution in [0.25, 0.3) is 10.9 Å². The fraction of sp³-hybridized carbons (Fsp3) is 0.0625. The number of hydrogen-bond acceptors (Lipinski definition) is 3. The maximum atomic E-state index is 5.99. The number of para-hydroxylation sites is 2. The summed E-state index contributed by atoms with van der Waals surface area (Å²) in [6, 6.07) is 17.5. The van der Waals surface area contributed by atoms with E-state index in [2.05, 4.69) is 4.98 Å². The molecule has 0 aliphatic carbocycles.